The molecule has 0 N–H and O–H groups in total. The van der Waals surface area contributed by atoms with Crippen LogP contribution >= 0.6 is 11.8 Å². The van der Waals surface area contributed by atoms with Crippen LogP contribution in [0, 0.1) is 13.8 Å². The highest BCUT2D eigenvalue weighted by Crippen LogP contribution is 2.30. The van der Waals surface area contributed by atoms with Crippen LogP contribution in [0.15, 0.2) is 53.7 Å². The fraction of sp³-hybridized carbons (Fsp3) is 0.167. The smallest absolute Gasteiger partial charge is 0.282 e. The van der Waals surface area contributed by atoms with Crippen LogP contribution in [0.1, 0.15) is 11.1 Å². The summed E-state index contributed by atoms with van der Waals surface area (Å²) in [6.07, 6.45) is 0. The van der Waals surface area contributed by atoms with Gasteiger partial charge in [0.2, 0.25) is 0 Å². The van der Waals surface area contributed by atoms with Crippen molar-refractivity contribution in [3.63, 3.8) is 0 Å². The Kier molecular flexibility index (Phi) is 3.61. The number of carbonyl (C=O) groups excluding carboxylic acids is 1. The first-order chi connectivity index (χ1) is 11.6. The van der Waals surface area contributed by atoms with Crippen molar-refractivity contribution >= 4 is 23.5 Å². The zero-order chi connectivity index (χ0) is 16.7. The molecule has 5 nitrogen and oxygen atoms in total. The molecule has 1 amide bonds. The third kappa shape index (κ3) is 2.59. The molecule has 1 aromatic heterocycles. The predicted molar refractivity (Wildman–Crippen MR) is 95.4 cm³/mol. The lowest BCUT2D eigenvalue weighted by molar-refractivity contribution is 0.243. The van der Waals surface area contributed by atoms with Crippen LogP contribution in [-0.2, 0) is 0 Å². The molecule has 3 aromatic rings. The number of para-hydroxylation sites is 1. The van der Waals surface area contributed by atoms with Crippen molar-refractivity contribution in [1.82, 2.24) is 14.8 Å². The highest BCUT2D eigenvalue weighted by atomic mass is 32.2. The van der Waals surface area contributed by atoms with Crippen molar-refractivity contribution in [2.24, 2.45) is 0 Å². The summed E-state index contributed by atoms with van der Waals surface area (Å²) in [6, 6.07) is 15.6. The standard InChI is InChI=1S/C18H16N4OS/c1-12-8-13(2)10-14(9-12)16-19-17-22(20-16)18(23)21(11-24-17)15-6-4-3-5-7-15/h3-10H,11H2,1-2H3. The van der Waals surface area contributed by atoms with Gasteiger partial charge in [0, 0.05) is 11.3 Å². The van der Waals surface area contributed by atoms with Gasteiger partial charge in [-0.3, -0.25) is 4.90 Å². The van der Waals surface area contributed by atoms with Crippen LogP contribution in [0.25, 0.3) is 11.4 Å². The number of carbonyl (C=O) groups is 1. The summed E-state index contributed by atoms with van der Waals surface area (Å²) in [6.45, 7) is 4.09. The van der Waals surface area contributed by atoms with E-state index in [4.69, 9.17) is 0 Å². The van der Waals surface area contributed by atoms with E-state index in [9.17, 15) is 4.79 Å². The maximum Gasteiger partial charge on any atom is 0.352 e. The second kappa shape index (κ2) is 5.79. The van der Waals surface area contributed by atoms with Crippen molar-refractivity contribution < 1.29 is 4.79 Å². The number of benzene rings is 2. The molecule has 4 rings (SSSR count). The molecule has 1 aliphatic rings. The van der Waals surface area contributed by atoms with Gasteiger partial charge in [0.15, 0.2) is 11.0 Å². The molecule has 1 aliphatic heterocycles. The summed E-state index contributed by atoms with van der Waals surface area (Å²) < 4.78 is 1.40. The quantitative estimate of drug-likeness (QED) is 0.707. The number of anilines is 1. The lowest BCUT2D eigenvalue weighted by Gasteiger charge is -2.25. The number of fused-ring (bicyclic) bond motifs is 1. The minimum atomic E-state index is -0.168. The van der Waals surface area contributed by atoms with Crippen LogP contribution in [0.4, 0.5) is 10.5 Å². The second-order valence-electron chi connectivity index (χ2n) is 5.83. The molecule has 2 heterocycles. The van der Waals surface area contributed by atoms with Crippen molar-refractivity contribution in [2.45, 2.75) is 19.0 Å². The van der Waals surface area contributed by atoms with Crippen LogP contribution in [0.2, 0.25) is 0 Å². The first-order valence-electron chi connectivity index (χ1n) is 7.67. The summed E-state index contributed by atoms with van der Waals surface area (Å²) >= 11 is 1.51. The van der Waals surface area contributed by atoms with Gasteiger partial charge in [0.1, 0.15) is 0 Å². The summed E-state index contributed by atoms with van der Waals surface area (Å²) in [5, 5.41) is 5.09. The van der Waals surface area contributed by atoms with E-state index in [1.54, 1.807) is 4.90 Å². The Morgan fingerprint density at radius 1 is 1.04 bits per heavy atom. The Labute approximate surface area is 144 Å². The zero-order valence-corrected chi connectivity index (χ0v) is 14.2. The molecular formula is C18H16N4OS. The molecule has 0 aliphatic carbocycles. The number of aryl methyl sites for hydroxylation is 2. The third-order valence-electron chi connectivity index (χ3n) is 3.86. The van der Waals surface area contributed by atoms with E-state index in [1.807, 2.05) is 56.3 Å². The molecule has 0 spiro atoms. The molecule has 0 atom stereocenters. The molecule has 0 saturated heterocycles. The summed E-state index contributed by atoms with van der Waals surface area (Å²) in [4.78, 5) is 19.0. The number of nitrogens with zero attached hydrogens (tertiary/aromatic N) is 4. The lowest BCUT2D eigenvalue weighted by Crippen LogP contribution is -2.38. The predicted octanol–water partition coefficient (Wildman–Crippen LogP) is 4.10. The number of amides is 1. The van der Waals surface area contributed by atoms with E-state index >= 15 is 0 Å². The Bertz CT molecular complexity index is 900. The fourth-order valence-electron chi connectivity index (χ4n) is 2.83. The molecule has 0 saturated carbocycles. The first kappa shape index (κ1) is 15.0. The van der Waals surface area contributed by atoms with Gasteiger partial charge in [0.05, 0.1) is 5.88 Å². The highest BCUT2D eigenvalue weighted by molar-refractivity contribution is 7.99. The summed E-state index contributed by atoms with van der Waals surface area (Å²) in [5.74, 6) is 1.13. The monoisotopic (exact) mass is 336 g/mol. The van der Waals surface area contributed by atoms with Crippen molar-refractivity contribution in [3.8, 4) is 11.4 Å². The molecule has 0 fully saturated rings. The Hall–Kier alpha value is -2.60. The van der Waals surface area contributed by atoms with Gasteiger partial charge in [-0.1, -0.05) is 47.2 Å². The lowest BCUT2D eigenvalue weighted by atomic mass is 10.1. The van der Waals surface area contributed by atoms with E-state index in [-0.39, 0.29) is 6.03 Å². The van der Waals surface area contributed by atoms with Gasteiger partial charge in [0.25, 0.3) is 0 Å². The number of thioether (sulfide) groups is 1. The number of rotatable bonds is 2. The maximum absolute atomic E-state index is 12.8. The maximum atomic E-state index is 12.8. The number of hydrogen-bond donors (Lipinski definition) is 0. The molecule has 0 radical (unpaired) electrons. The van der Waals surface area contributed by atoms with Crippen LogP contribution in [-0.4, -0.2) is 26.7 Å². The first-order valence-corrected chi connectivity index (χ1v) is 8.66. The number of hydrogen-bond acceptors (Lipinski definition) is 4. The van der Waals surface area contributed by atoms with E-state index < -0.39 is 0 Å². The third-order valence-corrected chi connectivity index (χ3v) is 4.77. The summed E-state index contributed by atoms with van der Waals surface area (Å²) in [5.41, 5.74) is 4.11. The van der Waals surface area contributed by atoms with Gasteiger partial charge < -0.3 is 0 Å². The average Bonchev–Trinajstić information content (AvgIpc) is 3.00. The van der Waals surface area contributed by atoms with Crippen molar-refractivity contribution in [1.29, 1.82) is 0 Å². The van der Waals surface area contributed by atoms with Gasteiger partial charge in [-0.25, -0.2) is 9.78 Å². The van der Waals surface area contributed by atoms with E-state index in [0.717, 1.165) is 22.4 Å². The zero-order valence-electron chi connectivity index (χ0n) is 13.4. The molecule has 120 valence electrons. The topological polar surface area (TPSA) is 51.0 Å². The molecular weight excluding hydrogens is 320 g/mol. The van der Waals surface area contributed by atoms with Crippen LogP contribution in [0.5, 0.6) is 0 Å². The highest BCUT2D eigenvalue weighted by Gasteiger charge is 2.29. The fourth-order valence-corrected chi connectivity index (χ4v) is 3.72. The molecule has 0 bridgehead atoms. The second-order valence-corrected chi connectivity index (χ2v) is 6.74. The SMILES string of the molecule is Cc1cc(C)cc(-c2nc3n(n2)C(=O)N(c2ccccc2)CS3)c1. The van der Waals surface area contributed by atoms with Gasteiger partial charge >= 0.3 is 6.03 Å². The van der Waals surface area contributed by atoms with Crippen molar-refractivity contribution in [3.05, 3.63) is 59.7 Å². The van der Waals surface area contributed by atoms with E-state index in [2.05, 4.69) is 16.1 Å². The van der Waals surface area contributed by atoms with E-state index in [1.165, 1.54) is 16.4 Å². The Morgan fingerprint density at radius 2 is 1.75 bits per heavy atom. The minimum absolute atomic E-state index is 0.168. The van der Waals surface area contributed by atoms with E-state index in [0.29, 0.717) is 16.9 Å². The number of aromatic nitrogens is 3. The van der Waals surface area contributed by atoms with Gasteiger partial charge in [-0.05, 0) is 38.1 Å². The summed E-state index contributed by atoms with van der Waals surface area (Å²) in [7, 11) is 0. The largest absolute Gasteiger partial charge is 0.352 e. The molecule has 24 heavy (non-hydrogen) atoms. The van der Waals surface area contributed by atoms with Crippen LogP contribution in [0.3, 0.4) is 0 Å². The Morgan fingerprint density at radius 3 is 2.46 bits per heavy atom. The average molecular weight is 336 g/mol. The molecule has 6 heteroatoms. The Balaban J connectivity index is 1.72. The normalized spacial score (nSPS) is 13.9. The van der Waals surface area contributed by atoms with Crippen LogP contribution < -0.4 is 4.90 Å². The van der Waals surface area contributed by atoms with Crippen molar-refractivity contribution in [2.75, 3.05) is 10.8 Å². The minimum Gasteiger partial charge on any atom is -0.282 e. The molecule has 0 unspecified atom stereocenters. The molecule has 2 aromatic carbocycles. The van der Waals surface area contributed by atoms with Gasteiger partial charge in [-0.15, -0.1) is 5.10 Å². The van der Waals surface area contributed by atoms with Gasteiger partial charge in [-0.2, -0.15) is 4.68 Å².